The molecular formula is C19H26N2O5S. The first-order chi connectivity index (χ1) is 12.7. The number of benzene rings is 1. The quantitative estimate of drug-likeness (QED) is 0.791. The molecule has 27 heavy (non-hydrogen) atoms. The lowest BCUT2D eigenvalue weighted by Crippen LogP contribution is -2.46. The minimum atomic E-state index is -3.75. The highest BCUT2D eigenvalue weighted by Crippen LogP contribution is 2.29. The number of fused-ring (bicyclic) bond motifs is 1. The van der Waals surface area contributed by atoms with Crippen molar-refractivity contribution in [2.75, 3.05) is 12.3 Å². The standard InChI is InChI=1S/C19H26N2O5S/c1-13-6-8-15(9-7-13)20-27(25,26)12-18(22)21-10-14-4-2-3-5-16(14)17(11-21)19(23)24/h2-5,13,15,17,20H,6-12H2,1H3,(H,23,24). The summed E-state index contributed by atoms with van der Waals surface area (Å²) >= 11 is 0. The minimum Gasteiger partial charge on any atom is -0.481 e. The Bertz CT molecular complexity index is 815. The van der Waals surface area contributed by atoms with Crippen molar-refractivity contribution >= 4 is 21.9 Å². The Labute approximate surface area is 159 Å². The lowest BCUT2D eigenvalue weighted by molar-refractivity contribution is -0.140. The Balaban J connectivity index is 1.66. The second-order valence-electron chi connectivity index (χ2n) is 7.70. The van der Waals surface area contributed by atoms with Crippen molar-refractivity contribution in [3.05, 3.63) is 35.4 Å². The number of aliphatic carboxylic acids is 1. The zero-order valence-electron chi connectivity index (χ0n) is 15.4. The molecule has 1 unspecified atom stereocenters. The largest absolute Gasteiger partial charge is 0.481 e. The van der Waals surface area contributed by atoms with Crippen LogP contribution in [0.25, 0.3) is 0 Å². The molecule has 3 rings (SSSR count). The molecule has 1 aliphatic carbocycles. The average Bonchev–Trinajstić information content (AvgIpc) is 2.62. The molecule has 2 N–H and O–H groups in total. The van der Waals surface area contributed by atoms with Gasteiger partial charge < -0.3 is 10.0 Å². The molecular weight excluding hydrogens is 368 g/mol. The molecule has 0 radical (unpaired) electrons. The predicted octanol–water partition coefficient (Wildman–Crippen LogP) is 1.70. The van der Waals surface area contributed by atoms with Gasteiger partial charge in [-0.2, -0.15) is 0 Å². The Morgan fingerprint density at radius 1 is 1.19 bits per heavy atom. The van der Waals surface area contributed by atoms with Crippen LogP contribution in [-0.4, -0.2) is 48.6 Å². The molecule has 1 amide bonds. The van der Waals surface area contributed by atoms with Gasteiger partial charge in [0.05, 0.1) is 5.92 Å². The number of amides is 1. The van der Waals surface area contributed by atoms with Gasteiger partial charge in [0.1, 0.15) is 5.75 Å². The van der Waals surface area contributed by atoms with E-state index >= 15 is 0 Å². The Morgan fingerprint density at radius 3 is 2.52 bits per heavy atom. The number of carboxylic acids is 1. The predicted molar refractivity (Wildman–Crippen MR) is 101 cm³/mol. The average molecular weight is 394 g/mol. The van der Waals surface area contributed by atoms with Gasteiger partial charge in [-0.3, -0.25) is 9.59 Å². The highest BCUT2D eigenvalue weighted by atomic mass is 32.2. The molecule has 1 saturated carbocycles. The van der Waals surface area contributed by atoms with E-state index in [1.54, 1.807) is 24.3 Å². The molecule has 2 aliphatic rings. The van der Waals surface area contributed by atoms with E-state index in [1.165, 1.54) is 4.90 Å². The van der Waals surface area contributed by atoms with Crippen molar-refractivity contribution < 1.29 is 23.1 Å². The van der Waals surface area contributed by atoms with Gasteiger partial charge in [0, 0.05) is 19.1 Å². The molecule has 1 fully saturated rings. The Hall–Kier alpha value is -1.93. The van der Waals surface area contributed by atoms with Crippen LogP contribution in [0, 0.1) is 5.92 Å². The van der Waals surface area contributed by atoms with Gasteiger partial charge in [-0.1, -0.05) is 31.2 Å². The van der Waals surface area contributed by atoms with E-state index in [9.17, 15) is 23.1 Å². The fraction of sp³-hybridized carbons (Fsp3) is 0.579. The summed E-state index contributed by atoms with van der Waals surface area (Å²) in [5.74, 6) is -2.46. The third kappa shape index (κ3) is 4.87. The van der Waals surface area contributed by atoms with Crippen LogP contribution < -0.4 is 4.72 Å². The van der Waals surface area contributed by atoms with Crippen molar-refractivity contribution in [1.29, 1.82) is 0 Å². The number of rotatable bonds is 5. The summed E-state index contributed by atoms with van der Waals surface area (Å²) in [4.78, 5) is 25.5. The number of carboxylic acid groups (broad SMARTS) is 1. The summed E-state index contributed by atoms with van der Waals surface area (Å²) in [5, 5.41) is 9.49. The molecule has 8 heteroatoms. The highest BCUT2D eigenvalue weighted by Gasteiger charge is 2.34. The van der Waals surface area contributed by atoms with E-state index in [-0.39, 0.29) is 19.1 Å². The molecule has 0 saturated heterocycles. The third-order valence-corrected chi connectivity index (χ3v) is 6.84. The van der Waals surface area contributed by atoms with Crippen LogP contribution in [0.5, 0.6) is 0 Å². The van der Waals surface area contributed by atoms with Gasteiger partial charge in [0.2, 0.25) is 15.9 Å². The molecule has 1 heterocycles. The number of sulfonamides is 1. The topological polar surface area (TPSA) is 104 Å². The van der Waals surface area contributed by atoms with Crippen LogP contribution in [0.3, 0.4) is 0 Å². The summed E-state index contributed by atoms with van der Waals surface area (Å²) in [6.45, 7) is 2.37. The van der Waals surface area contributed by atoms with Crippen LogP contribution in [0.15, 0.2) is 24.3 Å². The van der Waals surface area contributed by atoms with Gasteiger partial charge >= 0.3 is 5.97 Å². The molecule has 7 nitrogen and oxygen atoms in total. The van der Waals surface area contributed by atoms with Gasteiger partial charge in [0.25, 0.3) is 0 Å². The van der Waals surface area contributed by atoms with Gasteiger partial charge in [-0.15, -0.1) is 0 Å². The van der Waals surface area contributed by atoms with Crippen molar-refractivity contribution in [3.8, 4) is 0 Å². The zero-order valence-corrected chi connectivity index (χ0v) is 16.2. The number of carbonyl (C=O) groups is 2. The van der Waals surface area contributed by atoms with E-state index in [4.69, 9.17) is 0 Å². The summed E-state index contributed by atoms with van der Waals surface area (Å²) in [7, 11) is -3.75. The first-order valence-corrected chi connectivity index (χ1v) is 11.0. The number of carbonyl (C=O) groups excluding carboxylic acids is 1. The monoisotopic (exact) mass is 394 g/mol. The SMILES string of the molecule is CC1CCC(NS(=O)(=O)CC(=O)N2Cc3ccccc3C(C(=O)O)C2)CC1. The minimum absolute atomic E-state index is 0.0123. The second-order valence-corrected chi connectivity index (χ2v) is 9.45. The second kappa shape index (κ2) is 7.98. The maximum Gasteiger partial charge on any atom is 0.312 e. The molecule has 148 valence electrons. The van der Waals surface area contributed by atoms with Crippen LogP contribution in [-0.2, 0) is 26.2 Å². The van der Waals surface area contributed by atoms with Crippen LogP contribution >= 0.6 is 0 Å². The van der Waals surface area contributed by atoms with Crippen molar-refractivity contribution in [3.63, 3.8) is 0 Å². The van der Waals surface area contributed by atoms with Crippen LogP contribution in [0.4, 0.5) is 0 Å². The van der Waals surface area contributed by atoms with E-state index in [1.807, 2.05) is 0 Å². The van der Waals surface area contributed by atoms with E-state index < -0.39 is 33.6 Å². The molecule has 0 spiro atoms. The van der Waals surface area contributed by atoms with Gasteiger partial charge in [-0.05, 0) is 42.7 Å². The van der Waals surface area contributed by atoms with Gasteiger partial charge in [0.15, 0.2) is 0 Å². The molecule has 1 atom stereocenters. The fourth-order valence-electron chi connectivity index (χ4n) is 3.94. The van der Waals surface area contributed by atoms with E-state index in [0.29, 0.717) is 11.5 Å². The molecule has 1 aromatic carbocycles. The molecule has 1 aliphatic heterocycles. The summed E-state index contributed by atoms with van der Waals surface area (Å²) < 4.78 is 27.5. The van der Waals surface area contributed by atoms with Crippen LogP contribution in [0.1, 0.15) is 49.7 Å². The van der Waals surface area contributed by atoms with Crippen molar-refractivity contribution in [2.24, 2.45) is 5.92 Å². The third-order valence-electron chi connectivity index (χ3n) is 5.52. The molecule has 0 aromatic heterocycles. The number of hydrogen-bond donors (Lipinski definition) is 2. The van der Waals surface area contributed by atoms with Crippen molar-refractivity contribution in [1.82, 2.24) is 9.62 Å². The Kier molecular flexibility index (Phi) is 5.86. The van der Waals surface area contributed by atoms with Gasteiger partial charge in [-0.25, -0.2) is 13.1 Å². The summed E-state index contributed by atoms with van der Waals surface area (Å²) in [6, 6.07) is 6.96. The Morgan fingerprint density at radius 2 is 1.85 bits per heavy atom. The highest BCUT2D eigenvalue weighted by molar-refractivity contribution is 7.90. The lowest BCUT2D eigenvalue weighted by atomic mass is 9.88. The number of nitrogens with zero attached hydrogens (tertiary/aromatic N) is 1. The van der Waals surface area contributed by atoms with E-state index in [0.717, 1.165) is 31.2 Å². The maximum atomic E-state index is 12.6. The first-order valence-electron chi connectivity index (χ1n) is 9.33. The fourth-order valence-corrected chi connectivity index (χ4v) is 5.27. The number of hydrogen-bond acceptors (Lipinski definition) is 4. The maximum absolute atomic E-state index is 12.6. The normalized spacial score (nSPS) is 25.7. The summed E-state index contributed by atoms with van der Waals surface area (Å²) in [6.07, 6.45) is 3.52. The van der Waals surface area contributed by atoms with E-state index in [2.05, 4.69) is 11.6 Å². The number of nitrogens with one attached hydrogen (secondary N) is 1. The first kappa shape index (κ1) is 19.8. The van der Waals surface area contributed by atoms with Crippen molar-refractivity contribution in [2.45, 2.75) is 51.1 Å². The zero-order chi connectivity index (χ0) is 19.6. The molecule has 0 bridgehead atoms. The smallest absolute Gasteiger partial charge is 0.312 e. The van der Waals surface area contributed by atoms with Crippen LogP contribution in [0.2, 0.25) is 0 Å². The summed E-state index contributed by atoms with van der Waals surface area (Å²) in [5.41, 5.74) is 1.43. The lowest BCUT2D eigenvalue weighted by Gasteiger charge is -2.33. The molecule has 1 aromatic rings.